The second-order valence-corrected chi connectivity index (χ2v) is 5.80. The van der Waals surface area contributed by atoms with E-state index < -0.39 is 0 Å². The van der Waals surface area contributed by atoms with Crippen molar-refractivity contribution < 1.29 is 4.79 Å². The molecule has 0 spiro atoms. The lowest BCUT2D eigenvalue weighted by Gasteiger charge is -2.33. The molecule has 0 aromatic rings. The molecule has 1 saturated carbocycles. The van der Waals surface area contributed by atoms with Crippen molar-refractivity contribution in [2.24, 2.45) is 17.3 Å². The molecule has 0 aromatic carbocycles. The van der Waals surface area contributed by atoms with Crippen LogP contribution in [0.5, 0.6) is 0 Å². The lowest BCUT2D eigenvalue weighted by Crippen LogP contribution is -2.35. The van der Waals surface area contributed by atoms with Gasteiger partial charge in [0.15, 0.2) is 5.78 Å². The van der Waals surface area contributed by atoms with Crippen molar-refractivity contribution >= 4 is 5.78 Å². The van der Waals surface area contributed by atoms with E-state index in [4.69, 9.17) is 5.26 Å². The Kier molecular flexibility index (Phi) is 4.53. The molecule has 2 heteroatoms. The first-order chi connectivity index (χ1) is 7.49. The molecular weight excluding hydrogens is 198 g/mol. The Morgan fingerprint density at radius 2 is 1.88 bits per heavy atom. The van der Waals surface area contributed by atoms with Gasteiger partial charge in [0.1, 0.15) is 5.92 Å². The smallest absolute Gasteiger partial charge is 0.155 e. The number of Topliss-reactive ketones (excluding diaryl/α,β-unsaturated/α-hetero) is 1. The molecule has 0 radical (unpaired) electrons. The van der Waals surface area contributed by atoms with Crippen molar-refractivity contribution in [1.82, 2.24) is 0 Å². The van der Waals surface area contributed by atoms with Crippen LogP contribution in [0.15, 0.2) is 0 Å². The fraction of sp³-hybridized carbons (Fsp3) is 0.857. The third-order valence-corrected chi connectivity index (χ3v) is 3.73. The van der Waals surface area contributed by atoms with E-state index in [0.29, 0.717) is 12.3 Å². The van der Waals surface area contributed by atoms with E-state index >= 15 is 0 Å². The molecule has 1 rings (SSSR count). The van der Waals surface area contributed by atoms with Crippen LogP contribution in [0.25, 0.3) is 0 Å². The maximum Gasteiger partial charge on any atom is 0.155 e. The lowest BCUT2D eigenvalue weighted by molar-refractivity contribution is -0.132. The molecule has 0 N–H and O–H groups in total. The number of carbonyl (C=O) groups is 1. The lowest BCUT2D eigenvalue weighted by atomic mass is 9.69. The molecule has 0 aromatic heterocycles. The van der Waals surface area contributed by atoms with Gasteiger partial charge in [0, 0.05) is 5.41 Å². The number of hydrogen-bond donors (Lipinski definition) is 0. The summed E-state index contributed by atoms with van der Waals surface area (Å²) in [5, 5.41) is 9.12. The molecular formula is C14H23NO. The van der Waals surface area contributed by atoms with Crippen LogP contribution in [0.4, 0.5) is 0 Å². The minimum atomic E-state index is -0.386. The second kappa shape index (κ2) is 5.48. The van der Waals surface area contributed by atoms with Crippen LogP contribution in [0.2, 0.25) is 0 Å². The first kappa shape index (κ1) is 13.2. The number of rotatable bonds is 4. The van der Waals surface area contributed by atoms with Gasteiger partial charge in [-0.05, 0) is 25.2 Å². The van der Waals surface area contributed by atoms with Crippen LogP contribution in [0, 0.1) is 28.6 Å². The van der Waals surface area contributed by atoms with Crippen LogP contribution >= 0.6 is 0 Å². The monoisotopic (exact) mass is 221 g/mol. The zero-order chi connectivity index (χ0) is 12.2. The van der Waals surface area contributed by atoms with Crippen LogP contribution in [-0.4, -0.2) is 5.78 Å². The highest BCUT2D eigenvalue weighted by Gasteiger charge is 2.38. The summed E-state index contributed by atoms with van der Waals surface area (Å²) < 4.78 is 0. The topological polar surface area (TPSA) is 40.9 Å². The minimum Gasteiger partial charge on any atom is -0.298 e. The largest absolute Gasteiger partial charge is 0.298 e. The van der Waals surface area contributed by atoms with Gasteiger partial charge in [0.2, 0.25) is 0 Å². The van der Waals surface area contributed by atoms with Gasteiger partial charge >= 0.3 is 0 Å². The van der Waals surface area contributed by atoms with Gasteiger partial charge in [-0.15, -0.1) is 0 Å². The SMILES string of the molecule is CC(C)CC(C#N)C(=O)C1(C)CCCCC1. The standard InChI is InChI=1S/C14H23NO/c1-11(2)9-12(10-15)13(16)14(3)7-5-4-6-8-14/h11-12H,4-9H2,1-3H3. The summed E-state index contributed by atoms with van der Waals surface area (Å²) in [5.74, 6) is 0.229. The van der Waals surface area contributed by atoms with Gasteiger partial charge in [-0.2, -0.15) is 5.26 Å². The number of carbonyl (C=O) groups excluding carboxylic acids is 1. The minimum absolute atomic E-state index is 0.198. The molecule has 1 unspecified atom stereocenters. The Morgan fingerprint density at radius 1 is 1.31 bits per heavy atom. The highest BCUT2D eigenvalue weighted by molar-refractivity contribution is 5.88. The fourth-order valence-corrected chi connectivity index (χ4v) is 2.69. The van der Waals surface area contributed by atoms with E-state index in [1.54, 1.807) is 0 Å². The van der Waals surface area contributed by atoms with Gasteiger partial charge in [-0.25, -0.2) is 0 Å². The van der Waals surface area contributed by atoms with E-state index in [1.807, 2.05) is 0 Å². The number of nitrogens with zero attached hydrogens (tertiary/aromatic N) is 1. The Balaban J connectivity index is 2.70. The molecule has 0 aliphatic heterocycles. The molecule has 0 bridgehead atoms. The molecule has 1 aliphatic carbocycles. The van der Waals surface area contributed by atoms with Gasteiger partial charge in [0.05, 0.1) is 6.07 Å². The van der Waals surface area contributed by atoms with E-state index in [2.05, 4.69) is 26.8 Å². The highest BCUT2D eigenvalue weighted by Crippen LogP contribution is 2.39. The number of ketones is 1. The van der Waals surface area contributed by atoms with Gasteiger partial charge in [-0.3, -0.25) is 4.79 Å². The van der Waals surface area contributed by atoms with Crippen LogP contribution in [0.3, 0.4) is 0 Å². The Morgan fingerprint density at radius 3 is 2.31 bits per heavy atom. The van der Waals surface area contributed by atoms with Crippen LogP contribution < -0.4 is 0 Å². The first-order valence-electron chi connectivity index (χ1n) is 6.43. The number of nitriles is 1. The van der Waals surface area contributed by atoms with E-state index in [1.165, 1.54) is 6.42 Å². The number of hydrogen-bond acceptors (Lipinski definition) is 2. The summed E-state index contributed by atoms with van der Waals surface area (Å²) in [6.45, 7) is 6.20. The van der Waals surface area contributed by atoms with Crippen molar-refractivity contribution in [1.29, 1.82) is 5.26 Å². The summed E-state index contributed by atoms with van der Waals surface area (Å²) in [6, 6.07) is 2.21. The molecule has 0 amide bonds. The van der Waals surface area contributed by atoms with E-state index in [-0.39, 0.29) is 17.1 Å². The molecule has 1 aliphatic rings. The molecule has 0 heterocycles. The molecule has 0 saturated heterocycles. The summed E-state index contributed by atoms with van der Waals surface area (Å²) in [5.41, 5.74) is -0.215. The summed E-state index contributed by atoms with van der Waals surface area (Å²) in [7, 11) is 0. The van der Waals surface area contributed by atoms with E-state index in [0.717, 1.165) is 25.7 Å². The summed E-state index contributed by atoms with van der Waals surface area (Å²) in [6.07, 6.45) is 6.18. The van der Waals surface area contributed by atoms with Gasteiger partial charge in [0.25, 0.3) is 0 Å². The molecule has 1 atom stereocenters. The molecule has 16 heavy (non-hydrogen) atoms. The van der Waals surface area contributed by atoms with Crippen molar-refractivity contribution in [2.75, 3.05) is 0 Å². The summed E-state index contributed by atoms with van der Waals surface area (Å²) >= 11 is 0. The van der Waals surface area contributed by atoms with Crippen LogP contribution in [0.1, 0.15) is 59.3 Å². The average molecular weight is 221 g/mol. The molecule has 2 nitrogen and oxygen atoms in total. The normalized spacial score (nSPS) is 21.4. The zero-order valence-corrected chi connectivity index (χ0v) is 10.8. The maximum absolute atomic E-state index is 12.4. The Labute approximate surface area is 99.0 Å². The van der Waals surface area contributed by atoms with Crippen molar-refractivity contribution in [3.63, 3.8) is 0 Å². The predicted molar refractivity (Wildman–Crippen MR) is 64.8 cm³/mol. The summed E-state index contributed by atoms with van der Waals surface area (Å²) in [4.78, 5) is 12.4. The Hall–Kier alpha value is -0.840. The maximum atomic E-state index is 12.4. The first-order valence-corrected chi connectivity index (χ1v) is 6.43. The van der Waals surface area contributed by atoms with Gasteiger partial charge < -0.3 is 0 Å². The highest BCUT2D eigenvalue weighted by atomic mass is 16.1. The average Bonchev–Trinajstić information content (AvgIpc) is 2.25. The molecule has 90 valence electrons. The van der Waals surface area contributed by atoms with Crippen molar-refractivity contribution in [3.8, 4) is 6.07 Å². The zero-order valence-electron chi connectivity index (χ0n) is 10.8. The third kappa shape index (κ3) is 3.07. The van der Waals surface area contributed by atoms with Crippen LogP contribution in [-0.2, 0) is 4.79 Å². The fourth-order valence-electron chi connectivity index (χ4n) is 2.69. The van der Waals surface area contributed by atoms with Gasteiger partial charge in [-0.1, -0.05) is 40.0 Å². The quantitative estimate of drug-likeness (QED) is 0.726. The van der Waals surface area contributed by atoms with E-state index in [9.17, 15) is 4.79 Å². The third-order valence-electron chi connectivity index (χ3n) is 3.73. The second-order valence-electron chi connectivity index (χ2n) is 5.80. The molecule has 1 fully saturated rings. The predicted octanol–water partition coefficient (Wildman–Crippen LogP) is 3.71. The van der Waals surface area contributed by atoms with Crippen molar-refractivity contribution in [3.05, 3.63) is 0 Å². The van der Waals surface area contributed by atoms with Crippen molar-refractivity contribution in [2.45, 2.75) is 59.3 Å². The Bertz CT molecular complexity index is 282.